The lowest BCUT2D eigenvalue weighted by atomic mass is 10.1. The molecule has 4 heteroatoms. The van der Waals surface area contributed by atoms with Crippen LogP contribution in [0.5, 0.6) is 11.5 Å². The van der Waals surface area contributed by atoms with Gasteiger partial charge in [-0.15, -0.1) is 0 Å². The van der Waals surface area contributed by atoms with Crippen LogP contribution >= 0.6 is 0 Å². The molecule has 0 atom stereocenters. The van der Waals surface area contributed by atoms with E-state index >= 15 is 0 Å². The summed E-state index contributed by atoms with van der Waals surface area (Å²) in [6, 6.07) is 6.09. The van der Waals surface area contributed by atoms with E-state index in [0.717, 1.165) is 44.0 Å². The highest BCUT2D eigenvalue weighted by atomic mass is 16.5. The van der Waals surface area contributed by atoms with Crippen molar-refractivity contribution in [1.82, 2.24) is 5.32 Å². The highest BCUT2D eigenvalue weighted by Crippen LogP contribution is 2.28. The Kier molecular flexibility index (Phi) is 8.87. The number of hydrogen-bond donors (Lipinski definition) is 1. The van der Waals surface area contributed by atoms with Gasteiger partial charge in [-0.1, -0.05) is 13.0 Å². The lowest BCUT2D eigenvalue weighted by molar-refractivity contribution is 0.0770. The van der Waals surface area contributed by atoms with Crippen molar-refractivity contribution in [2.45, 2.75) is 39.7 Å². The predicted octanol–water partition coefficient (Wildman–Crippen LogP) is 3.04. The average Bonchev–Trinajstić information content (AvgIpc) is 2.49. The van der Waals surface area contributed by atoms with Crippen LogP contribution in [0.15, 0.2) is 18.2 Å². The van der Waals surface area contributed by atoms with Gasteiger partial charge in [-0.25, -0.2) is 0 Å². The van der Waals surface area contributed by atoms with Crippen LogP contribution in [-0.2, 0) is 11.2 Å². The van der Waals surface area contributed by atoms with Crippen LogP contribution in [0.4, 0.5) is 0 Å². The fourth-order valence-corrected chi connectivity index (χ4v) is 1.93. The van der Waals surface area contributed by atoms with Crippen molar-refractivity contribution >= 4 is 0 Å². The molecule has 0 heterocycles. The molecule has 1 rings (SSSR count). The third kappa shape index (κ3) is 7.34. The maximum atomic E-state index is 5.75. The van der Waals surface area contributed by atoms with E-state index in [4.69, 9.17) is 14.2 Å². The lowest BCUT2D eigenvalue weighted by Crippen LogP contribution is -2.23. The monoisotopic (exact) mass is 295 g/mol. The summed E-state index contributed by atoms with van der Waals surface area (Å²) in [5.74, 6) is 1.61. The number of benzene rings is 1. The number of hydrogen-bond acceptors (Lipinski definition) is 4. The number of rotatable bonds is 11. The molecule has 21 heavy (non-hydrogen) atoms. The van der Waals surface area contributed by atoms with Gasteiger partial charge in [0.15, 0.2) is 11.5 Å². The number of methoxy groups -OCH3 is 1. The normalized spacial score (nSPS) is 10.9. The summed E-state index contributed by atoms with van der Waals surface area (Å²) in [6.45, 7) is 9.44. The summed E-state index contributed by atoms with van der Waals surface area (Å²) in [7, 11) is 1.68. The largest absolute Gasteiger partial charge is 0.493 e. The van der Waals surface area contributed by atoms with E-state index in [-0.39, 0.29) is 0 Å². The van der Waals surface area contributed by atoms with Gasteiger partial charge in [-0.05, 0) is 50.9 Å². The maximum absolute atomic E-state index is 5.75. The number of nitrogens with one attached hydrogen (secondary N) is 1. The van der Waals surface area contributed by atoms with E-state index in [0.29, 0.717) is 12.7 Å². The minimum Gasteiger partial charge on any atom is -0.493 e. The molecule has 0 aliphatic heterocycles. The van der Waals surface area contributed by atoms with E-state index in [2.05, 4.69) is 32.2 Å². The summed E-state index contributed by atoms with van der Waals surface area (Å²) in [5, 5.41) is 3.34. The van der Waals surface area contributed by atoms with Gasteiger partial charge in [-0.3, -0.25) is 0 Å². The first-order chi connectivity index (χ1) is 10.2. The zero-order valence-corrected chi connectivity index (χ0v) is 13.8. The first kappa shape index (κ1) is 17.8. The molecule has 0 fully saturated rings. The Balaban J connectivity index is 2.18. The molecule has 0 aliphatic rings. The molecule has 0 amide bonds. The Labute approximate surface area is 128 Å². The Hall–Kier alpha value is -1.26. The molecule has 0 spiro atoms. The Morgan fingerprint density at radius 3 is 2.57 bits per heavy atom. The topological polar surface area (TPSA) is 39.7 Å². The zero-order valence-electron chi connectivity index (χ0n) is 13.8. The lowest BCUT2D eigenvalue weighted by Gasteiger charge is -2.12. The third-order valence-corrected chi connectivity index (χ3v) is 3.12. The van der Waals surface area contributed by atoms with Crippen LogP contribution in [0.25, 0.3) is 0 Å². The van der Waals surface area contributed by atoms with Crippen molar-refractivity contribution in [1.29, 1.82) is 0 Å². The highest BCUT2D eigenvalue weighted by molar-refractivity contribution is 5.42. The van der Waals surface area contributed by atoms with Gasteiger partial charge in [0, 0.05) is 13.2 Å². The molecular weight excluding hydrogens is 266 g/mol. The maximum Gasteiger partial charge on any atom is 0.161 e. The van der Waals surface area contributed by atoms with Gasteiger partial charge >= 0.3 is 0 Å². The smallest absolute Gasteiger partial charge is 0.161 e. The van der Waals surface area contributed by atoms with Crippen molar-refractivity contribution < 1.29 is 14.2 Å². The molecule has 4 nitrogen and oxygen atoms in total. The van der Waals surface area contributed by atoms with E-state index in [1.54, 1.807) is 7.11 Å². The molecule has 0 radical (unpaired) electrons. The Bertz CT molecular complexity index is 394. The highest BCUT2D eigenvalue weighted by Gasteiger charge is 2.04. The minimum atomic E-state index is 0.312. The molecule has 120 valence electrons. The second-order valence-electron chi connectivity index (χ2n) is 5.21. The fourth-order valence-electron chi connectivity index (χ4n) is 1.93. The van der Waals surface area contributed by atoms with Crippen LogP contribution in [-0.4, -0.2) is 39.5 Å². The molecule has 0 aromatic heterocycles. The second-order valence-corrected chi connectivity index (χ2v) is 5.21. The minimum absolute atomic E-state index is 0.312. The summed E-state index contributed by atoms with van der Waals surface area (Å²) in [4.78, 5) is 0. The summed E-state index contributed by atoms with van der Waals surface area (Å²) in [6.07, 6.45) is 2.33. The van der Waals surface area contributed by atoms with Crippen LogP contribution in [0.1, 0.15) is 32.8 Å². The molecule has 0 bridgehead atoms. The van der Waals surface area contributed by atoms with Crippen molar-refractivity contribution in [3.63, 3.8) is 0 Å². The molecular formula is C17H29NO3. The van der Waals surface area contributed by atoms with Crippen LogP contribution in [0.3, 0.4) is 0 Å². The van der Waals surface area contributed by atoms with E-state index in [9.17, 15) is 0 Å². The van der Waals surface area contributed by atoms with E-state index in [1.807, 2.05) is 12.1 Å². The van der Waals surface area contributed by atoms with Gasteiger partial charge in [0.2, 0.25) is 0 Å². The second kappa shape index (κ2) is 10.5. The standard InChI is InChI=1S/C17H29NO3/c1-5-15-7-8-16(17(13-15)19-4)21-12-10-18-9-6-11-20-14(2)3/h7-8,13-14,18H,5-6,9-12H2,1-4H3. The average molecular weight is 295 g/mol. The van der Waals surface area contributed by atoms with Crippen molar-refractivity contribution in [3.8, 4) is 11.5 Å². The van der Waals surface area contributed by atoms with Crippen LogP contribution in [0.2, 0.25) is 0 Å². The van der Waals surface area contributed by atoms with Gasteiger partial charge in [-0.2, -0.15) is 0 Å². The molecule has 1 aromatic carbocycles. The SMILES string of the molecule is CCc1ccc(OCCNCCCOC(C)C)c(OC)c1. The molecule has 0 saturated heterocycles. The van der Waals surface area contributed by atoms with Gasteiger partial charge < -0.3 is 19.5 Å². The first-order valence-electron chi connectivity index (χ1n) is 7.79. The Morgan fingerprint density at radius 1 is 1.10 bits per heavy atom. The van der Waals surface area contributed by atoms with Crippen molar-refractivity contribution in [2.24, 2.45) is 0 Å². The number of ether oxygens (including phenoxy) is 3. The van der Waals surface area contributed by atoms with Crippen molar-refractivity contribution in [3.05, 3.63) is 23.8 Å². The van der Waals surface area contributed by atoms with Gasteiger partial charge in [0.25, 0.3) is 0 Å². The molecule has 0 unspecified atom stereocenters. The zero-order chi connectivity index (χ0) is 15.5. The molecule has 1 aromatic rings. The van der Waals surface area contributed by atoms with Gasteiger partial charge in [0.05, 0.1) is 13.2 Å². The molecule has 0 saturated carbocycles. The fraction of sp³-hybridized carbons (Fsp3) is 0.647. The Morgan fingerprint density at radius 2 is 1.90 bits per heavy atom. The number of aryl methyl sites for hydroxylation is 1. The molecule has 0 aliphatic carbocycles. The third-order valence-electron chi connectivity index (χ3n) is 3.12. The first-order valence-corrected chi connectivity index (χ1v) is 7.79. The van der Waals surface area contributed by atoms with E-state index in [1.165, 1.54) is 5.56 Å². The van der Waals surface area contributed by atoms with Crippen molar-refractivity contribution in [2.75, 3.05) is 33.4 Å². The quantitative estimate of drug-likeness (QED) is 0.637. The predicted molar refractivity (Wildman–Crippen MR) is 86.4 cm³/mol. The van der Waals surface area contributed by atoms with Gasteiger partial charge in [0.1, 0.15) is 6.61 Å². The molecule has 1 N–H and O–H groups in total. The summed E-state index contributed by atoms with van der Waals surface area (Å²) >= 11 is 0. The summed E-state index contributed by atoms with van der Waals surface area (Å²) in [5.41, 5.74) is 1.25. The van der Waals surface area contributed by atoms with Crippen LogP contribution < -0.4 is 14.8 Å². The van der Waals surface area contributed by atoms with E-state index < -0.39 is 0 Å². The van der Waals surface area contributed by atoms with Crippen LogP contribution in [0, 0.1) is 0 Å². The summed E-state index contributed by atoms with van der Waals surface area (Å²) < 4.78 is 16.6.